The molecule has 2 aromatic carbocycles. The van der Waals surface area contributed by atoms with Gasteiger partial charge in [0.15, 0.2) is 0 Å². The zero-order valence-corrected chi connectivity index (χ0v) is 16.8. The van der Waals surface area contributed by atoms with Gasteiger partial charge in [-0.15, -0.1) is 0 Å². The van der Waals surface area contributed by atoms with Crippen LogP contribution < -0.4 is 20.5 Å². The minimum absolute atomic E-state index is 0.000142. The summed E-state index contributed by atoms with van der Waals surface area (Å²) in [5, 5.41) is 2.88. The van der Waals surface area contributed by atoms with Gasteiger partial charge in [-0.2, -0.15) is 0 Å². The number of ether oxygens (including phenoxy) is 2. The number of carbonyl (C=O) groups excluding carboxylic acids is 1. The van der Waals surface area contributed by atoms with E-state index in [9.17, 15) is 4.79 Å². The maximum Gasteiger partial charge on any atom is 0.229 e. The highest BCUT2D eigenvalue weighted by atomic mass is 16.5. The van der Waals surface area contributed by atoms with Crippen molar-refractivity contribution in [1.29, 1.82) is 0 Å². The minimum Gasteiger partial charge on any atom is -0.497 e. The maximum atomic E-state index is 11.8. The van der Waals surface area contributed by atoms with E-state index < -0.39 is 5.41 Å². The number of nitrogens with one attached hydrogen (secondary N) is 1. The minimum atomic E-state index is -0.392. The van der Waals surface area contributed by atoms with Crippen LogP contribution in [-0.4, -0.2) is 20.1 Å². The molecular weight excluding hydrogens is 328 g/mol. The molecule has 0 saturated heterocycles. The molecule has 0 atom stereocenters. The number of carbonyl (C=O) groups is 1. The van der Waals surface area contributed by atoms with Crippen LogP contribution in [0, 0.1) is 19.3 Å². The molecule has 0 aliphatic rings. The summed E-state index contributed by atoms with van der Waals surface area (Å²) in [5.41, 5.74) is 8.87. The summed E-state index contributed by atoms with van der Waals surface area (Å²) in [7, 11) is 3.25. The molecule has 0 aromatic heterocycles. The van der Waals surface area contributed by atoms with Crippen LogP contribution in [0.25, 0.3) is 0 Å². The van der Waals surface area contributed by atoms with Crippen molar-refractivity contribution in [2.75, 3.05) is 25.3 Å². The van der Waals surface area contributed by atoms with Crippen LogP contribution in [0.2, 0.25) is 0 Å². The molecule has 26 heavy (non-hydrogen) atoms. The van der Waals surface area contributed by atoms with Gasteiger partial charge in [0.1, 0.15) is 11.5 Å². The molecule has 2 aromatic rings. The van der Waals surface area contributed by atoms with Crippen LogP contribution in [0.5, 0.6) is 11.5 Å². The number of rotatable bonds is 3. The summed E-state index contributed by atoms with van der Waals surface area (Å²) in [4.78, 5) is 11.8. The molecule has 3 N–H and O–H groups in total. The molecule has 0 saturated carbocycles. The normalized spacial score (nSPS) is 10.4. The zero-order chi connectivity index (χ0) is 19.9. The van der Waals surface area contributed by atoms with Crippen molar-refractivity contribution >= 4 is 17.3 Å². The van der Waals surface area contributed by atoms with Gasteiger partial charge in [0.25, 0.3) is 0 Å². The fourth-order valence-corrected chi connectivity index (χ4v) is 2.15. The number of hydrogen-bond donors (Lipinski definition) is 2. The number of benzene rings is 2. The molecule has 0 unspecified atom stereocenters. The molecule has 0 fully saturated rings. The molecular formula is C21H30N2O3. The first-order valence-corrected chi connectivity index (χ1v) is 8.43. The number of nitrogens with two attached hydrogens (primary N) is 1. The molecule has 0 aliphatic heterocycles. The summed E-state index contributed by atoms with van der Waals surface area (Å²) in [6, 6.07) is 11.3. The highest BCUT2D eigenvalue weighted by Gasteiger charge is 2.21. The zero-order valence-electron chi connectivity index (χ0n) is 16.8. The van der Waals surface area contributed by atoms with Gasteiger partial charge in [0.05, 0.1) is 14.2 Å². The molecule has 142 valence electrons. The van der Waals surface area contributed by atoms with Crippen LogP contribution in [0.3, 0.4) is 0 Å². The summed E-state index contributed by atoms with van der Waals surface area (Å²) < 4.78 is 10.1. The number of nitrogen functional groups attached to an aromatic ring is 1. The summed E-state index contributed by atoms with van der Waals surface area (Å²) >= 11 is 0. The third kappa shape index (κ3) is 7.05. The average Bonchev–Trinajstić information content (AvgIpc) is 2.53. The van der Waals surface area contributed by atoms with E-state index >= 15 is 0 Å². The second-order valence-corrected chi connectivity index (χ2v) is 7.23. The van der Waals surface area contributed by atoms with Crippen molar-refractivity contribution in [3.05, 3.63) is 47.5 Å². The van der Waals surface area contributed by atoms with Gasteiger partial charge in [0, 0.05) is 28.9 Å². The molecule has 5 nitrogen and oxygen atoms in total. The lowest BCUT2D eigenvalue weighted by Gasteiger charge is -2.18. The van der Waals surface area contributed by atoms with E-state index in [0.29, 0.717) is 0 Å². The van der Waals surface area contributed by atoms with Crippen molar-refractivity contribution in [3.8, 4) is 11.5 Å². The summed E-state index contributed by atoms with van der Waals surface area (Å²) in [5.74, 6) is 1.57. The monoisotopic (exact) mass is 358 g/mol. The summed E-state index contributed by atoms with van der Waals surface area (Å²) in [6.07, 6.45) is 0. The molecule has 1 amide bonds. The fraction of sp³-hybridized carbons (Fsp3) is 0.381. The second kappa shape index (κ2) is 9.13. The number of anilines is 2. The lowest BCUT2D eigenvalue weighted by Crippen LogP contribution is -2.27. The van der Waals surface area contributed by atoms with Crippen LogP contribution in [0.15, 0.2) is 36.4 Å². The van der Waals surface area contributed by atoms with Crippen molar-refractivity contribution in [3.63, 3.8) is 0 Å². The van der Waals surface area contributed by atoms with E-state index in [0.717, 1.165) is 34.0 Å². The van der Waals surface area contributed by atoms with Crippen molar-refractivity contribution < 1.29 is 14.3 Å². The van der Waals surface area contributed by atoms with E-state index in [1.165, 1.54) is 0 Å². The molecule has 5 heteroatoms. The van der Waals surface area contributed by atoms with Crippen LogP contribution in [0.1, 0.15) is 31.9 Å². The highest BCUT2D eigenvalue weighted by Crippen LogP contribution is 2.23. The van der Waals surface area contributed by atoms with E-state index in [1.54, 1.807) is 20.3 Å². The number of aryl methyl sites for hydroxylation is 2. The van der Waals surface area contributed by atoms with Crippen LogP contribution >= 0.6 is 0 Å². The first-order valence-electron chi connectivity index (χ1n) is 8.43. The summed E-state index contributed by atoms with van der Waals surface area (Å²) in [6.45, 7) is 9.61. The molecule has 2 rings (SSSR count). The van der Waals surface area contributed by atoms with Gasteiger partial charge in [-0.3, -0.25) is 4.79 Å². The SMILES string of the molecule is COc1cc(C)cc(N)c1.COc1cc(C)cc(NC(=O)C(C)(C)C)c1. The third-order valence-electron chi connectivity index (χ3n) is 3.53. The quantitative estimate of drug-likeness (QED) is 0.788. The molecule has 0 heterocycles. The van der Waals surface area contributed by atoms with Crippen molar-refractivity contribution in [2.24, 2.45) is 5.41 Å². The van der Waals surface area contributed by atoms with E-state index in [-0.39, 0.29) is 5.91 Å². The molecule has 0 radical (unpaired) electrons. The largest absolute Gasteiger partial charge is 0.497 e. The first-order chi connectivity index (χ1) is 12.0. The fourth-order valence-electron chi connectivity index (χ4n) is 2.15. The number of methoxy groups -OCH3 is 2. The van der Waals surface area contributed by atoms with E-state index in [1.807, 2.05) is 65.0 Å². The van der Waals surface area contributed by atoms with Gasteiger partial charge < -0.3 is 20.5 Å². The molecule has 0 bridgehead atoms. The van der Waals surface area contributed by atoms with Crippen LogP contribution in [0.4, 0.5) is 11.4 Å². The second-order valence-electron chi connectivity index (χ2n) is 7.23. The lowest BCUT2D eigenvalue weighted by molar-refractivity contribution is -0.123. The first kappa shape index (κ1) is 21.4. The van der Waals surface area contributed by atoms with E-state index in [4.69, 9.17) is 15.2 Å². The van der Waals surface area contributed by atoms with Gasteiger partial charge in [-0.1, -0.05) is 20.8 Å². The molecule has 0 aliphatic carbocycles. The van der Waals surface area contributed by atoms with Crippen molar-refractivity contribution in [1.82, 2.24) is 0 Å². The maximum absolute atomic E-state index is 11.8. The predicted octanol–water partition coefficient (Wildman–Crippen LogP) is 4.57. The topological polar surface area (TPSA) is 73.6 Å². The van der Waals surface area contributed by atoms with E-state index in [2.05, 4.69) is 5.32 Å². The Morgan fingerprint density at radius 3 is 1.85 bits per heavy atom. The number of hydrogen-bond acceptors (Lipinski definition) is 4. The Morgan fingerprint density at radius 1 is 0.885 bits per heavy atom. The highest BCUT2D eigenvalue weighted by molar-refractivity contribution is 5.94. The van der Waals surface area contributed by atoms with Gasteiger partial charge in [-0.05, 0) is 49.2 Å². The Kier molecular flexibility index (Phi) is 7.50. The van der Waals surface area contributed by atoms with Crippen LogP contribution in [-0.2, 0) is 4.79 Å². The standard InChI is InChI=1S/C13H19NO2.C8H11NO/c1-9-6-10(8-11(7-9)16-5)14-12(15)13(2,3)4;1-6-3-7(9)5-8(4-6)10-2/h6-8H,1-5H3,(H,14,15);3-5H,9H2,1-2H3. The predicted molar refractivity (Wildman–Crippen MR) is 108 cm³/mol. The average molecular weight is 358 g/mol. The van der Waals surface area contributed by atoms with Gasteiger partial charge in [-0.25, -0.2) is 0 Å². The van der Waals surface area contributed by atoms with Gasteiger partial charge >= 0.3 is 0 Å². The Morgan fingerprint density at radius 2 is 1.38 bits per heavy atom. The Bertz CT molecular complexity index is 729. The number of amides is 1. The van der Waals surface area contributed by atoms with Crippen molar-refractivity contribution in [2.45, 2.75) is 34.6 Å². The Balaban J connectivity index is 0.000000289. The lowest BCUT2D eigenvalue weighted by atomic mass is 9.95. The smallest absolute Gasteiger partial charge is 0.229 e. The Hall–Kier alpha value is -2.69. The Labute approximate surface area is 156 Å². The molecule has 0 spiro atoms. The third-order valence-corrected chi connectivity index (χ3v) is 3.53. The van der Waals surface area contributed by atoms with Gasteiger partial charge in [0.2, 0.25) is 5.91 Å².